The Balaban J connectivity index is 1.72. The van der Waals surface area contributed by atoms with Gasteiger partial charge in [0.05, 0.1) is 18.7 Å². The summed E-state index contributed by atoms with van der Waals surface area (Å²) in [5.74, 6) is 0.144. The third kappa shape index (κ3) is 2.38. The van der Waals surface area contributed by atoms with E-state index in [-0.39, 0.29) is 24.6 Å². The summed E-state index contributed by atoms with van der Waals surface area (Å²) in [5, 5.41) is 12.7. The van der Waals surface area contributed by atoms with Crippen LogP contribution in [0.15, 0.2) is 24.3 Å². The third-order valence-corrected chi connectivity index (χ3v) is 4.25. The first kappa shape index (κ1) is 12.6. The Kier molecular flexibility index (Phi) is 3.53. The molecule has 2 aliphatic rings. The minimum atomic E-state index is -0.137. The number of carbonyl (C=O) groups excluding carboxylic acids is 1. The van der Waals surface area contributed by atoms with E-state index in [1.165, 1.54) is 11.1 Å². The molecule has 102 valence electrons. The molecule has 2 N–H and O–H groups in total. The molecule has 0 aliphatic carbocycles. The molecule has 2 unspecified atom stereocenters. The molecule has 2 heterocycles. The van der Waals surface area contributed by atoms with Gasteiger partial charge in [-0.25, -0.2) is 0 Å². The number of likely N-dealkylation sites (tertiary alicyclic amines) is 1. The van der Waals surface area contributed by atoms with Gasteiger partial charge in [0.15, 0.2) is 0 Å². The van der Waals surface area contributed by atoms with Gasteiger partial charge in [0.25, 0.3) is 0 Å². The highest BCUT2D eigenvalue weighted by Gasteiger charge is 2.34. The number of carbonyl (C=O) groups is 1. The maximum atomic E-state index is 12.5. The lowest BCUT2D eigenvalue weighted by Gasteiger charge is -2.31. The lowest BCUT2D eigenvalue weighted by atomic mass is 9.95. The van der Waals surface area contributed by atoms with Gasteiger partial charge in [-0.2, -0.15) is 0 Å². The predicted octanol–water partition coefficient (Wildman–Crippen LogP) is 0.684. The summed E-state index contributed by atoms with van der Waals surface area (Å²) in [7, 11) is 0. The van der Waals surface area contributed by atoms with Crippen molar-refractivity contribution in [2.45, 2.75) is 37.9 Å². The zero-order valence-corrected chi connectivity index (χ0v) is 11.0. The number of amides is 1. The summed E-state index contributed by atoms with van der Waals surface area (Å²) >= 11 is 0. The van der Waals surface area contributed by atoms with Crippen LogP contribution in [-0.4, -0.2) is 41.1 Å². The van der Waals surface area contributed by atoms with Crippen molar-refractivity contribution < 1.29 is 9.90 Å². The van der Waals surface area contributed by atoms with Gasteiger partial charge in [-0.15, -0.1) is 0 Å². The Labute approximate surface area is 113 Å². The van der Waals surface area contributed by atoms with Crippen molar-refractivity contribution in [2.75, 3.05) is 13.2 Å². The largest absolute Gasteiger partial charge is 0.394 e. The Morgan fingerprint density at radius 3 is 2.95 bits per heavy atom. The maximum absolute atomic E-state index is 12.5. The minimum Gasteiger partial charge on any atom is -0.394 e. The van der Waals surface area contributed by atoms with Crippen LogP contribution in [0.3, 0.4) is 0 Å². The number of aliphatic hydroxyl groups is 1. The number of hydrogen-bond acceptors (Lipinski definition) is 3. The number of fused-ring (bicyclic) bond motifs is 1. The lowest BCUT2D eigenvalue weighted by Crippen LogP contribution is -2.51. The van der Waals surface area contributed by atoms with Crippen LogP contribution in [0.2, 0.25) is 0 Å². The second-order valence-electron chi connectivity index (χ2n) is 5.42. The first-order valence-corrected chi connectivity index (χ1v) is 7.01. The fraction of sp³-hybridized carbons (Fsp3) is 0.533. The Bertz CT molecular complexity index is 475. The fourth-order valence-electron chi connectivity index (χ4n) is 3.14. The molecule has 1 aromatic carbocycles. The molecular weight excluding hydrogens is 240 g/mol. The Hall–Kier alpha value is -1.39. The van der Waals surface area contributed by atoms with Gasteiger partial charge in [-0.3, -0.25) is 4.79 Å². The number of nitrogens with zero attached hydrogens (tertiary/aromatic N) is 1. The fourth-order valence-corrected chi connectivity index (χ4v) is 3.14. The highest BCUT2D eigenvalue weighted by Crippen LogP contribution is 2.22. The summed E-state index contributed by atoms with van der Waals surface area (Å²) in [6, 6.07) is 8.15. The van der Waals surface area contributed by atoms with E-state index in [1.807, 2.05) is 17.0 Å². The maximum Gasteiger partial charge on any atom is 0.240 e. The standard InChI is InChI=1S/C15H20N2O2/c18-10-13-6-3-7-17(13)15(19)14-8-11-4-1-2-5-12(11)9-16-14/h1-2,4-5,13-14,16,18H,3,6-10H2. The first-order chi connectivity index (χ1) is 9.29. The second-order valence-corrected chi connectivity index (χ2v) is 5.42. The Morgan fingerprint density at radius 2 is 2.16 bits per heavy atom. The molecule has 0 bridgehead atoms. The number of benzene rings is 1. The van der Waals surface area contributed by atoms with Crippen molar-refractivity contribution in [1.82, 2.24) is 10.2 Å². The van der Waals surface area contributed by atoms with Gasteiger partial charge in [-0.05, 0) is 30.4 Å². The van der Waals surface area contributed by atoms with Gasteiger partial charge >= 0.3 is 0 Å². The monoisotopic (exact) mass is 260 g/mol. The van der Waals surface area contributed by atoms with E-state index >= 15 is 0 Å². The summed E-state index contributed by atoms with van der Waals surface area (Å²) < 4.78 is 0. The molecule has 0 saturated carbocycles. The zero-order valence-electron chi connectivity index (χ0n) is 11.0. The topological polar surface area (TPSA) is 52.6 Å². The summed E-state index contributed by atoms with van der Waals surface area (Å²) in [6.07, 6.45) is 2.68. The molecule has 2 atom stereocenters. The third-order valence-electron chi connectivity index (χ3n) is 4.25. The molecule has 0 spiro atoms. The number of rotatable bonds is 2. The van der Waals surface area contributed by atoms with E-state index in [4.69, 9.17) is 0 Å². The van der Waals surface area contributed by atoms with Crippen molar-refractivity contribution in [3.05, 3.63) is 35.4 Å². The molecule has 1 saturated heterocycles. The van der Waals surface area contributed by atoms with E-state index in [0.717, 1.165) is 32.4 Å². The van der Waals surface area contributed by atoms with Crippen molar-refractivity contribution in [3.63, 3.8) is 0 Å². The lowest BCUT2D eigenvalue weighted by molar-refractivity contribution is -0.135. The van der Waals surface area contributed by atoms with E-state index < -0.39 is 0 Å². The summed E-state index contributed by atoms with van der Waals surface area (Å²) in [6.45, 7) is 1.61. The van der Waals surface area contributed by atoms with Crippen LogP contribution in [0.4, 0.5) is 0 Å². The van der Waals surface area contributed by atoms with Gasteiger partial charge < -0.3 is 15.3 Å². The minimum absolute atomic E-state index is 0.0199. The molecule has 1 aromatic rings. The van der Waals surface area contributed by atoms with Crippen LogP contribution in [0.1, 0.15) is 24.0 Å². The van der Waals surface area contributed by atoms with Gasteiger partial charge in [-0.1, -0.05) is 24.3 Å². The second kappa shape index (κ2) is 5.31. The van der Waals surface area contributed by atoms with Crippen LogP contribution in [0.25, 0.3) is 0 Å². The molecule has 4 heteroatoms. The Morgan fingerprint density at radius 1 is 1.37 bits per heavy atom. The highest BCUT2D eigenvalue weighted by molar-refractivity contribution is 5.83. The number of aliphatic hydroxyl groups excluding tert-OH is 1. The summed E-state index contributed by atoms with van der Waals surface area (Å²) in [5.41, 5.74) is 2.55. The zero-order chi connectivity index (χ0) is 13.2. The number of nitrogens with one attached hydrogen (secondary N) is 1. The van der Waals surface area contributed by atoms with Crippen molar-refractivity contribution in [1.29, 1.82) is 0 Å². The van der Waals surface area contributed by atoms with Crippen LogP contribution in [0.5, 0.6) is 0 Å². The smallest absolute Gasteiger partial charge is 0.240 e. The molecule has 0 aromatic heterocycles. The molecule has 4 nitrogen and oxygen atoms in total. The van der Waals surface area contributed by atoms with Crippen LogP contribution >= 0.6 is 0 Å². The SMILES string of the molecule is O=C(C1Cc2ccccc2CN1)N1CCCC1CO. The summed E-state index contributed by atoms with van der Waals surface area (Å²) in [4.78, 5) is 14.4. The molecule has 0 radical (unpaired) electrons. The van der Waals surface area contributed by atoms with E-state index in [9.17, 15) is 9.90 Å². The van der Waals surface area contributed by atoms with Crippen molar-refractivity contribution in [3.8, 4) is 0 Å². The van der Waals surface area contributed by atoms with Crippen LogP contribution in [0, 0.1) is 0 Å². The van der Waals surface area contributed by atoms with Crippen molar-refractivity contribution >= 4 is 5.91 Å². The van der Waals surface area contributed by atoms with Gasteiger partial charge in [0, 0.05) is 13.1 Å². The van der Waals surface area contributed by atoms with E-state index in [2.05, 4.69) is 17.4 Å². The number of hydrogen-bond donors (Lipinski definition) is 2. The molecule has 2 aliphatic heterocycles. The van der Waals surface area contributed by atoms with E-state index in [1.54, 1.807) is 0 Å². The molecule has 19 heavy (non-hydrogen) atoms. The van der Waals surface area contributed by atoms with Crippen molar-refractivity contribution in [2.24, 2.45) is 0 Å². The van der Waals surface area contributed by atoms with Crippen LogP contribution in [-0.2, 0) is 17.8 Å². The van der Waals surface area contributed by atoms with Gasteiger partial charge in [0.1, 0.15) is 0 Å². The molecule has 3 rings (SSSR count). The molecular formula is C15H20N2O2. The first-order valence-electron chi connectivity index (χ1n) is 7.01. The quantitative estimate of drug-likeness (QED) is 0.822. The molecule has 1 fully saturated rings. The molecule has 1 amide bonds. The van der Waals surface area contributed by atoms with Crippen LogP contribution < -0.4 is 5.32 Å². The predicted molar refractivity (Wildman–Crippen MR) is 72.6 cm³/mol. The normalized spacial score (nSPS) is 26.3. The highest BCUT2D eigenvalue weighted by atomic mass is 16.3. The average Bonchev–Trinajstić information content (AvgIpc) is 2.94. The van der Waals surface area contributed by atoms with Gasteiger partial charge in [0.2, 0.25) is 5.91 Å². The van der Waals surface area contributed by atoms with E-state index in [0.29, 0.717) is 0 Å². The average molecular weight is 260 g/mol.